The van der Waals surface area contributed by atoms with Gasteiger partial charge in [0.1, 0.15) is 0 Å². The molecule has 2 aromatic heterocycles. The fourth-order valence-corrected chi connectivity index (χ4v) is 2.46. The summed E-state index contributed by atoms with van der Waals surface area (Å²) in [5, 5.41) is 2.35. The number of hydrogen-bond acceptors (Lipinski definition) is 2. The van der Waals surface area contributed by atoms with Crippen molar-refractivity contribution in [2.75, 3.05) is 0 Å². The Balaban J connectivity index is 2.25. The van der Waals surface area contributed by atoms with E-state index in [9.17, 15) is 0 Å². The predicted octanol–water partition coefficient (Wildman–Crippen LogP) is 5.03. The third-order valence-electron chi connectivity index (χ3n) is 3.88. The summed E-state index contributed by atoms with van der Waals surface area (Å²) < 4.78 is 0. The van der Waals surface area contributed by atoms with Crippen molar-refractivity contribution in [3.63, 3.8) is 0 Å². The van der Waals surface area contributed by atoms with Crippen molar-refractivity contribution in [3.8, 4) is 0 Å². The van der Waals surface area contributed by atoms with E-state index in [-0.39, 0.29) is 0 Å². The standard InChI is InChI=1S/C18H20N2/c1-11(2)15-7-13-5-6-14-8-16(12(3)4)10-20-18(14)17(13)19-9-15/h5-12H,1-4H3. The Morgan fingerprint density at radius 1 is 0.700 bits per heavy atom. The summed E-state index contributed by atoms with van der Waals surface area (Å²) in [4.78, 5) is 9.29. The van der Waals surface area contributed by atoms with Crippen LogP contribution in [0, 0.1) is 0 Å². The zero-order chi connectivity index (χ0) is 14.3. The minimum absolute atomic E-state index is 0.499. The normalized spacial score (nSPS) is 11.9. The quantitative estimate of drug-likeness (QED) is 0.607. The highest BCUT2D eigenvalue weighted by molar-refractivity contribution is 6.02. The van der Waals surface area contributed by atoms with E-state index in [1.54, 1.807) is 0 Å². The molecule has 3 aromatic rings. The molecule has 0 saturated carbocycles. The Hall–Kier alpha value is -1.96. The number of hydrogen-bond donors (Lipinski definition) is 0. The molecule has 0 saturated heterocycles. The van der Waals surface area contributed by atoms with Crippen LogP contribution in [0.5, 0.6) is 0 Å². The number of aromatic nitrogens is 2. The molecular weight excluding hydrogens is 244 g/mol. The number of pyridine rings is 2. The Bertz CT molecular complexity index is 706. The highest BCUT2D eigenvalue weighted by Crippen LogP contribution is 2.26. The Morgan fingerprint density at radius 3 is 1.45 bits per heavy atom. The van der Waals surface area contributed by atoms with Gasteiger partial charge in [-0.05, 0) is 35.1 Å². The van der Waals surface area contributed by atoms with Gasteiger partial charge in [0, 0.05) is 23.2 Å². The molecule has 0 aliphatic heterocycles. The van der Waals surface area contributed by atoms with Crippen LogP contribution in [-0.2, 0) is 0 Å². The minimum atomic E-state index is 0.499. The molecule has 3 rings (SSSR count). The number of fused-ring (bicyclic) bond motifs is 3. The molecule has 0 amide bonds. The van der Waals surface area contributed by atoms with Crippen molar-refractivity contribution < 1.29 is 0 Å². The van der Waals surface area contributed by atoms with E-state index in [0.29, 0.717) is 11.8 Å². The van der Waals surface area contributed by atoms with Crippen LogP contribution in [0.1, 0.15) is 50.7 Å². The zero-order valence-corrected chi connectivity index (χ0v) is 12.5. The second kappa shape index (κ2) is 4.86. The van der Waals surface area contributed by atoms with Crippen molar-refractivity contribution in [2.45, 2.75) is 39.5 Å². The Labute approximate surface area is 119 Å². The molecule has 1 aromatic carbocycles. The Morgan fingerprint density at radius 2 is 1.10 bits per heavy atom. The van der Waals surface area contributed by atoms with Crippen molar-refractivity contribution >= 4 is 21.8 Å². The van der Waals surface area contributed by atoms with E-state index >= 15 is 0 Å². The summed E-state index contributed by atoms with van der Waals surface area (Å²) in [5.41, 5.74) is 4.55. The Kier molecular flexibility index (Phi) is 3.17. The first-order chi connectivity index (χ1) is 9.56. The van der Waals surface area contributed by atoms with Crippen molar-refractivity contribution in [1.29, 1.82) is 0 Å². The smallest absolute Gasteiger partial charge is 0.0964 e. The third kappa shape index (κ3) is 2.15. The van der Waals surface area contributed by atoms with Gasteiger partial charge in [-0.3, -0.25) is 9.97 Å². The molecule has 2 nitrogen and oxygen atoms in total. The molecule has 2 heterocycles. The van der Waals surface area contributed by atoms with Crippen LogP contribution in [0.15, 0.2) is 36.7 Å². The van der Waals surface area contributed by atoms with Crippen molar-refractivity contribution in [2.24, 2.45) is 0 Å². The van der Waals surface area contributed by atoms with E-state index < -0.39 is 0 Å². The van der Waals surface area contributed by atoms with Gasteiger partial charge in [-0.15, -0.1) is 0 Å². The number of rotatable bonds is 2. The molecule has 0 fully saturated rings. The van der Waals surface area contributed by atoms with E-state index in [0.717, 1.165) is 11.0 Å². The monoisotopic (exact) mass is 264 g/mol. The summed E-state index contributed by atoms with van der Waals surface area (Å²) in [6, 6.07) is 8.76. The van der Waals surface area contributed by atoms with Gasteiger partial charge in [0.05, 0.1) is 11.0 Å². The lowest BCUT2D eigenvalue weighted by molar-refractivity contribution is 0.860. The first kappa shape index (κ1) is 13.0. The average molecular weight is 264 g/mol. The van der Waals surface area contributed by atoms with E-state index in [2.05, 4.69) is 61.9 Å². The summed E-state index contributed by atoms with van der Waals surface area (Å²) in [5.74, 6) is 0.998. The maximum Gasteiger partial charge on any atom is 0.0964 e. The number of benzene rings is 1. The maximum atomic E-state index is 4.64. The molecular formula is C18H20N2. The molecule has 20 heavy (non-hydrogen) atoms. The van der Waals surface area contributed by atoms with Crippen LogP contribution >= 0.6 is 0 Å². The fraction of sp³-hybridized carbons (Fsp3) is 0.333. The van der Waals surface area contributed by atoms with Gasteiger partial charge in [0.2, 0.25) is 0 Å². The number of nitrogens with zero attached hydrogens (tertiary/aromatic N) is 2. The second-order valence-corrected chi connectivity index (χ2v) is 6.06. The predicted molar refractivity (Wildman–Crippen MR) is 85.2 cm³/mol. The third-order valence-corrected chi connectivity index (χ3v) is 3.88. The van der Waals surface area contributed by atoms with Crippen molar-refractivity contribution in [3.05, 3.63) is 47.8 Å². The highest BCUT2D eigenvalue weighted by Gasteiger charge is 2.08. The largest absolute Gasteiger partial charge is 0.254 e. The van der Waals surface area contributed by atoms with Crippen LogP contribution < -0.4 is 0 Å². The van der Waals surface area contributed by atoms with Gasteiger partial charge in [-0.1, -0.05) is 39.8 Å². The molecule has 0 atom stereocenters. The van der Waals surface area contributed by atoms with Gasteiger partial charge in [-0.2, -0.15) is 0 Å². The van der Waals surface area contributed by atoms with Gasteiger partial charge < -0.3 is 0 Å². The average Bonchev–Trinajstić information content (AvgIpc) is 2.45. The minimum Gasteiger partial charge on any atom is -0.254 e. The van der Waals surface area contributed by atoms with E-state index in [1.165, 1.54) is 21.9 Å². The van der Waals surface area contributed by atoms with Gasteiger partial charge in [0.25, 0.3) is 0 Å². The molecule has 2 heteroatoms. The summed E-state index contributed by atoms with van der Waals surface area (Å²) in [6.07, 6.45) is 3.95. The van der Waals surface area contributed by atoms with E-state index in [1.807, 2.05) is 12.4 Å². The van der Waals surface area contributed by atoms with E-state index in [4.69, 9.17) is 0 Å². The molecule has 0 radical (unpaired) electrons. The lowest BCUT2D eigenvalue weighted by Gasteiger charge is -2.10. The molecule has 0 bridgehead atoms. The summed E-state index contributed by atoms with van der Waals surface area (Å²) in [7, 11) is 0. The second-order valence-electron chi connectivity index (χ2n) is 6.06. The van der Waals surface area contributed by atoms with Crippen molar-refractivity contribution in [1.82, 2.24) is 9.97 Å². The molecule has 0 spiro atoms. The summed E-state index contributed by atoms with van der Waals surface area (Å²) in [6.45, 7) is 8.77. The van der Waals surface area contributed by atoms with Crippen LogP contribution in [0.2, 0.25) is 0 Å². The van der Waals surface area contributed by atoms with Gasteiger partial charge in [0.15, 0.2) is 0 Å². The molecule has 0 aliphatic rings. The SMILES string of the molecule is CC(C)c1cnc2c(ccc3cc(C(C)C)cnc32)c1. The highest BCUT2D eigenvalue weighted by atomic mass is 14.7. The maximum absolute atomic E-state index is 4.64. The molecule has 0 N–H and O–H groups in total. The topological polar surface area (TPSA) is 25.8 Å². The van der Waals surface area contributed by atoms with Crippen LogP contribution in [0.3, 0.4) is 0 Å². The fourth-order valence-electron chi connectivity index (χ4n) is 2.46. The lowest BCUT2D eigenvalue weighted by atomic mass is 10.0. The van der Waals surface area contributed by atoms with Crippen LogP contribution in [0.25, 0.3) is 21.8 Å². The summed E-state index contributed by atoms with van der Waals surface area (Å²) >= 11 is 0. The molecule has 0 aliphatic carbocycles. The van der Waals surface area contributed by atoms with Crippen LogP contribution in [-0.4, -0.2) is 9.97 Å². The molecule has 0 unspecified atom stereocenters. The first-order valence-electron chi connectivity index (χ1n) is 7.24. The molecule has 102 valence electrons. The van der Waals surface area contributed by atoms with Gasteiger partial charge >= 0.3 is 0 Å². The lowest BCUT2D eigenvalue weighted by Crippen LogP contribution is -1.93. The zero-order valence-electron chi connectivity index (χ0n) is 12.5. The first-order valence-corrected chi connectivity index (χ1v) is 7.24. The van der Waals surface area contributed by atoms with Gasteiger partial charge in [-0.25, -0.2) is 0 Å². The van der Waals surface area contributed by atoms with Crippen LogP contribution in [0.4, 0.5) is 0 Å².